The molecular weight excluding hydrogens is 624 g/mol. The Morgan fingerprint density at radius 2 is 1.73 bits per heavy atom. The fraction of sp³-hybridized carbons (Fsp3) is 0.120. The number of amides is 4. The number of ether oxygens (including phenoxy) is 1. The average molecular weight is 646 g/mol. The lowest BCUT2D eigenvalue weighted by Gasteiger charge is -2.28. The topological polar surface area (TPSA) is 166 Å². The van der Waals surface area contributed by atoms with E-state index in [1.54, 1.807) is 54.6 Å². The number of nitrogens with one attached hydrogen (secondary N) is 2. The maximum atomic E-state index is 13.7. The number of nitrogens with zero attached hydrogens (tertiary/aromatic N) is 3. The monoisotopic (exact) mass is 644 g/mol. The Bertz CT molecular complexity index is 1730. The fourth-order valence-electron chi connectivity index (χ4n) is 4.21. The highest BCUT2D eigenvalue weighted by molar-refractivity contribution is 9.11. The second-order valence-corrected chi connectivity index (χ2v) is 12.9. The lowest BCUT2D eigenvalue weighted by molar-refractivity contribution is 0.0972. The summed E-state index contributed by atoms with van der Waals surface area (Å²) >= 11 is 4.17. The van der Waals surface area contributed by atoms with E-state index < -0.39 is 22.0 Å². The van der Waals surface area contributed by atoms with Crippen molar-refractivity contribution in [2.75, 3.05) is 23.9 Å². The molecule has 4 amide bonds. The first-order valence-corrected chi connectivity index (χ1v) is 14.7. The first-order chi connectivity index (χ1) is 19.1. The number of benzene rings is 2. The van der Waals surface area contributed by atoms with Crippen molar-refractivity contribution in [2.24, 2.45) is 5.73 Å². The average Bonchev–Trinajstić information content (AvgIpc) is 3.54. The van der Waals surface area contributed by atoms with E-state index in [0.717, 1.165) is 11.3 Å². The second-order valence-electron chi connectivity index (χ2n) is 8.52. The van der Waals surface area contributed by atoms with Crippen molar-refractivity contribution in [3.63, 3.8) is 0 Å². The van der Waals surface area contributed by atoms with Crippen LogP contribution >= 0.6 is 27.3 Å². The van der Waals surface area contributed by atoms with Crippen LogP contribution in [-0.4, -0.2) is 49.7 Å². The molecule has 4 aromatic rings. The van der Waals surface area contributed by atoms with Crippen molar-refractivity contribution in [3.05, 3.63) is 81.4 Å². The van der Waals surface area contributed by atoms with Crippen molar-refractivity contribution < 1.29 is 27.5 Å². The number of fused-ring (bicyclic) bond motifs is 1. The van der Waals surface area contributed by atoms with Crippen LogP contribution in [0.25, 0.3) is 5.69 Å². The minimum atomic E-state index is -4.03. The number of hydrogen-bond acceptors (Lipinski definition) is 8. The molecule has 0 spiro atoms. The first kappa shape index (κ1) is 27.4. The molecule has 0 fully saturated rings. The van der Waals surface area contributed by atoms with E-state index in [-0.39, 0.29) is 28.0 Å². The molecule has 5 rings (SSSR count). The first-order valence-electron chi connectivity index (χ1n) is 11.6. The number of carbonyl (C=O) groups is 3. The lowest BCUT2D eigenvalue weighted by atomic mass is 10.0. The number of nitrogens with two attached hydrogens (primary N) is 1. The largest absolute Gasteiger partial charge is 0.497 e. The van der Waals surface area contributed by atoms with Crippen LogP contribution in [0.3, 0.4) is 0 Å². The van der Waals surface area contributed by atoms with E-state index in [1.807, 2.05) is 4.72 Å². The highest BCUT2D eigenvalue weighted by atomic mass is 79.9. The predicted octanol–water partition coefficient (Wildman–Crippen LogP) is 3.52. The molecule has 0 saturated carbocycles. The molecule has 0 aliphatic carbocycles. The van der Waals surface area contributed by atoms with Crippen molar-refractivity contribution in [3.8, 4) is 11.4 Å². The zero-order chi connectivity index (χ0) is 28.6. The van der Waals surface area contributed by atoms with Crippen LogP contribution in [0, 0.1) is 0 Å². The number of halogens is 1. The van der Waals surface area contributed by atoms with Crippen LogP contribution in [0.2, 0.25) is 0 Å². The molecule has 2 aromatic carbocycles. The highest BCUT2D eigenvalue weighted by Crippen LogP contribution is 2.30. The molecule has 12 nitrogen and oxygen atoms in total. The zero-order valence-electron chi connectivity index (χ0n) is 20.8. The molecule has 1 aliphatic heterocycles. The summed E-state index contributed by atoms with van der Waals surface area (Å²) in [4.78, 5) is 39.6. The normalized spacial score (nSPS) is 13.1. The Balaban J connectivity index is 1.36. The lowest BCUT2D eigenvalue weighted by Crippen LogP contribution is -2.39. The van der Waals surface area contributed by atoms with Gasteiger partial charge in [-0.3, -0.25) is 9.59 Å². The second kappa shape index (κ2) is 10.7. The van der Waals surface area contributed by atoms with Crippen LogP contribution in [0.1, 0.15) is 26.5 Å². The maximum absolute atomic E-state index is 13.7. The molecule has 0 saturated heterocycles. The number of carbonyl (C=O) groups excluding carboxylic acids is 3. The van der Waals surface area contributed by atoms with Crippen LogP contribution < -0.4 is 25.4 Å². The maximum Gasteiger partial charge on any atom is 0.333 e. The SMILES string of the molecule is COc1ccc(-n2nc(C(N)=O)c3c2C(=O)N(c2ccc(NC(=O)NS(=O)(=O)c4ccc(Br)s4)cc2)CC3)cc1. The molecule has 0 bridgehead atoms. The fourth-order valence-corrected chi connectivity index (χ4v) is 7.13. The van der Waals surface area contributed by atoms with Gasteiger partial charge in [-0.1, -0.05) is 0 Å². The molecule has 0 radical (unpaired) electrons. The minimum Gasteiger partial charge on any atom is -0.497 e. The van der Waals surface area contributed by atoms with Crippen molar-refractivity contribution in [1.29, 1.82) is 0 Å². The van der Waals surface area contributed by atoms with Gasteiger partial charge in [0, 0.05) is 23.5 Å². The van der Waals surface area contributed by atoms with Crippen molar-refractivity contribution >= 4 is 66.5 Å². The summed E-state index contributed by atoms with van der Waals surface area (Å²) in [5.74, 6) is -0.497. The number of primary amides is 1. The van der Waals surface area contributed by atoms with Crippen LogP contribution in [-0.2, 0) is 16.4 Å². The van der Waals surface area contributed by atoms with Gasteiger partial charge in [-0.25, -0.2) is 22.6 Å². The Kier molecular flexibility index (Phi) is 7.35. The number of rotatable bonds is 7. The molecule has 206 valence electrons. The van der Waals surface area contributed by atoms with Gasteiger partial charge in [-0.15, -0.1) is 11.3 Å². The molecule has 40 heavy (non-hydrogen) atoms. The van der Waals surface area contributed by atoms with E-state index in [0.29, 0.717) is 38.6 Å². The Labute approximate surface area is 240 Å². The number of thiophene rings is 1. The molecular formula is C25H21BrN6O6S2. The summed E-state index contributed by atoms with van der Waals surface area (Å²) in [5, 5.41) is 6.82. The molecule has 15 heteroatoms. The number of urea groups is 1. The van der Waals surface area contributed by atoms with Crippen LogP contribution in [0.5, 0.6) is 5.75 Å². The van der Waals surface area contributed by atoms with Gasteiger partial charge in [0.2, 0.25) is 0 Å². The van der Waals surface area contributed by atoms with Gasteiger partial charge in [-0.2, -0.15) is 5.10 Å². The summed E-state index contributed by atoms with van der Waals surface area (Å²) in [6.07, 6.45) is 0.342. The van der Waals surface area contributed by atoms with Gasteiger partial charge in [-0.05, 0) is 83.0 Å². The van der Waals surface area contributed by atoms with Crippen molar-refractivity contribution in [2.45, 2.75) is 10.6 Å². The summed E-state index contributed by atoms with van der Waals surface area (Å²) < 4.78 is 33.9. The Hall–Kier alpha value is -4.21. The van der Waals surface area contributed by atoms with E-state index >= 15 is 0 Å². The van der Waals surface area contributed by atoms with Gasteiger partial charge in [0.15, 0.2) is 5.69 Å². The predicted molar refractivity (Wildman–Crippen MR) is 152 cm³/mol. The number of anilines is 2. The van der Waals surface area contributed by atoms with Gasteiger partial charge in [0.1, 0.15) is 15.7 Å². The number of sulfonamides is 1. The van der Waals surface area contributed by atoms with Gasteiger partial charge < -0.3 is 20.7 Å². The van der Waals surface area contributed by atoms with E-state index in [9.17, 15) is 22.8 Å². The van der Waals surface area contributed by atoms with E-state index in [2.05, 4.69) is 26.3 Å². The van der Waals surface area contributed by atoms with Gasteiger partial charge in [0.25, 0.3) is 21.8 Å². The van der Waals surface area contributed by atoms with E-state index in [4.69, 9.17) is 10.5 Å². The summed E-state index contributed by atoms with van der Waals surface area (Å²) in [7, 11) is -2.49. The summed E-state index contributed by atoms with van der Waals surface area (Å²) in [5.41, 5.74) is 7.68. The van der Waals surface area contributed by atoms with E-state index in [1.165, 1.54) is 22.8 Å². The summed E-state index contributed by atoms with van der Waals surface area (Å²) in [6.45, 7) is 0.266. The molecule has 0 unspecified atom stereocenters. The number of hydrogen-bond donors (Lipinski definition) is 3. The Morgan fingerprint density at radius 1 is 1.05 bits per heavy atom. The van der Waals surface area contributed by atoms with Gasteiger partial charge >= 0.3 is 6.03 Å². The van der Waals surface area contributed by atoms with Crippen LogP contribution in [0.15, 0.2) is 68.7 Å². The third-order valence-electron chi connectivity index (χ3n) is 6.04. The number of methoxy groups -OCH3 is 1. The highest BCUT2D eigenvalue weighted by Gasteiger charge is 2.34. The zero-order valence-corrected chi connectivity index (χ0v) is 24.0. The molecule has 4 N–H and O–H groups in total. The van der Waals surface area contributed by atoms with Crippen LogP contribution in [0.4, 0.5) is 16.2 Å². The minimum absolute atomic E-state index is 0.0128. The third kappa shape index (κ3) is 5.30. The molecule has 2 aromatic heterocycles. The smallest absolute Gasteiger partial charge is 0.333 e. The van der Waals surface area contributed by atoms with Gasteiger partial charge in [0.05, 0.1) is 16.6 Å². The third-order valence-corrected chi connectivity index (χ3v) is 9.49. The summed E-state index contributed by atoms with van der Waals surface area (Å²) in [6, 6.07) is 15.2. The van der Waals surface area contributed by atoms with Crippen molar-refractivity contribution in [1.82, 2.24) is 14.5 Å². The molecule has 1 aliphatic rings. The Morgan fingerprint density at radius 3 is 2.33 bits per heavy atom. The quantitative estimate of drug-likeness (QED) is 0.277. The molecule has 0 atom stereocenters. The number of aromatic nitrogens is 2. The molecule has 3 heterocycles. The standard InChI is InChI=1S/C25H21BrN6O6S2/c1-38-17-8-6-16(7-9-17)32-22-18(21(29-32)23(27)33)12-13-31(24(22)34)15-4-2-14(3-5-15)28-25(35)30-40(36,37)20-11-10-19(26)39-20/h2-11H,12-13H2,1H3,(H2,27,33)(H2,28,30,35).